The first-order valence-corrected chi connectivity index (χ1v) is 14.1. The number of nitrogens with one attached hydrogen (secondary N) is 2. The number of fused-ring (bicyclic) bond motifs is 1. The average molecular weight is 540 g/mol. The van der Waals surface area contributed by atoms with E-state index < -0.39 is 29.7 Å². The number of carbonyl (C=O) groups is 3. The number of hydrogen-bond donors (Lipinski definition) is 4. The van der Waals surface area contributed by atoms with Crippen molar-refractivity contribution in [2.24, 2.45) is 23.3 Å². The molecule has 2 atom stereocenters. The number of imidazole rings is 1. The number of ketones is 1. The van der Waals surface area contributed by atoms with Crippen LogP contribution in [0.3, 0.4) is 0 Å². The van der Waals surface area contributed by atoms with Crippen molar-refractivity contribution in [3.8, 4) is 0 Å². The van der Waals surface area contributed by atoms with Crippen molar-refractivity contribution < 1.29 is 14.4 Å². The minimum Gasteiger partial charge on any atom is -0.366 e. The van der Waals surface area contributed by atoms with E-state index in [9.17, 15) is 14.4 Å². The first-order valence-electron chi connectivity index (χ1n) is 13.2. The molecule has 1 aromatic carbocycles. The van der Waals surface area contributed by atoms with Crippen molar-refractivity contribution >= 4 is 51.0 Å². The Balaban J connectivity index is 1.67. The zero-order chi connectivity index (χ0) is 27.4. The highest BCUT2D eigenvalue weighted by atomic mass is 32.1. The monoisotopic (exact) mass is 539 g/mol. The van der Waals surface area contributed by atoms with Crippen LogP contribution in [0.2, 0.25) is 0 Å². The maximum atomic E-state index is 13.7. The van der Waals surface area contributed by atoms with Crippen LogP contribution in [-0.4, -0.2) is 44.2 Å². The van der Waals surface area contributed by atoms with Gasteiger partial charge in [-0.1, -0.05) is 33.1 Å². The lowest BCUT2D eigenvalue weighted by molar-refractivity contribution is -0.127. The van der Waals surface area contributed by atoms with Gasteiger partial charge in [-0.05, 0) is 56.2 Å². The van der Waals surface area contributed by atoms with Gasteiger partial charge in [0.2, 0.25) is 11.9 Å². The van der Waals surface area contributed by atoms with Crippen LogP contribution in [0, 0.1) is 18.8 Å². The molecule has 0 unspecified atom stereocenters. The smallest absolute Gasteiger partial charge is 0.257 e. The fraction of sp³-hybridized carbons (Fsp3) is 0.519. The Morgan fingerprint density at radius 3 is 2.53 bits per heavy atom. The van der Waals surface area contributed by atoms with Gasteiger partial charge in [0.05, 0.1) is 22.8 Å². The van der Waals surface area contributed by atoms with Gasteiger partial charge in [-0.2, -0.15) is 0 Å². The van der Waals surface area contributed by atoms with Crippen molar-refractivity contribution in [3.05, 3.63) is 34.8 Å². The molecule has 2 aromatic heterocycles. The van der Waals surface area contributed by atoms with E-state index in [-0.39, 0.29) is 5.92 Å². The Kier molecular flexibility index (Phi) is 8.78. The molecule has 0 saturated heterocycles. The number of hydrogen-bond acceptors (Lipinski definition) is 8. The lowest BCUT2D eigenvalue weighted by atomic mass is 9.89. The largest absolute Gasteiger partial charge is 0.366 e. The van der Waals surface area contributed by atoms with E-state index in [1.165, 1.54) is 30.6 Å². The minimum absolute atomic E-state index is 0.193. The summed E-state index contributed by atoms with van der Waals surface area (Å²) in [6.07, 6.45) is 6.23. The second-order valence-electron chi connectivity index (χ2n) is 10.6. The van der Waals surface area contributed by atoms with Gasteiger partial charge in [-0.25, -0.2) is 9.97 Å². The van der Waals surface area contributed by atoms with Crippen LogP contribution in [0.5, 0.6) is 0 Å². The number of nitrogens with zero attached hydrogens (tertiary/aromatic N) is 3. The summed E-state index contributed by atoms with van der Waals surface area (Å²) in [6.45, 7) is 6.48. The average Bonchev–Trinajstić information content (AvgIpc) is 3.44. The first kappa shape index (κ1) is 27.7. The third-order valence-electron chi connectivity index (χ3n) is 6.96. The number of amides is 2. The second kappa shape index (κ2) is 12.0. The molecule has 1 aliphatic rings. The Labute approximate surface area is 226 Å². The molecule has 38 heavy (non-hydrogen) atoms. The molecule has 1 aliphatic carbocycles. The molecule has 6 N–H and O–H groups in total. The topological polar surface area (TPSA) is 158 Å². The predicted molar refractivity (Wildman–Crippen MR) is 150 cm³/mol. The molecule has 10 nitrogen and oxygen atoms in total. The third kappa shape index (κ3) is 6.57. The molecule has 2 amide bonds. The van der Waals surface area contributed by atoms with Gasteiger partial charge in [-0.3, -0.25) is 19.7 Å². The molecule has 0 bridgehead atoms. The van der Waals surface area contributed by atoms with Crippen LogP contribution in [0.15, 0.2) is 23.6 Å². The number of rotatable bonds is 11. The quantitative estimate of drug-likeness (QED) is 0.269. The van der Waals surface area contributed by atoms with Gasteiger partial charge in [0.15, 0.2) is 17.0 Å². The second-order valence-corrected chi connectivity index (χ2v) is 11.5. The predicted octanol–water partition coefficient (Wildman–Crippen LogP) is 3.84. The molecule has 204 valence electrons. The van der Waals surface area contributed by atoms with E-state index >= 15 is 0 Å². The fourth-order valence-corrected chi connectivity index (χ4v) is 5.74. The number of nitrogens with two attached hydrogens (primary N) is 2. The number of Topliss-reactive ketones (excluding diaryl/α,β-unsaturated/α-hetero) is 1. The SMILES string of the molecule is Cc1csc(N[C@H](C(=O)Nc2nc3cc(C(N)=O)ccc3n2CC2CCCCC2)C(=O)[C@@H](N)CC(C)C)n1. The molecular formula is C27H37N7O3S. The number of benzene rings is 1. The Morgan fingerprint density at radius 2 is 1.89 bits per heavy atom. The van der Waals surface area contributed by atoms with Crippen molar-refractivity contribution in [2.75, 3.05) is 10.6 Å². The van der Waals surface area contributed by atoms with Crippen LogP contribution in [0.1, 0.15) is 68.4 Å². The molecule has 1 fully saturated rings. The Hall–Kier alpha value is -3.31. The van der Waals surface area contributed by atoms with Gasteiger partial charge in [-0.15, -0.1) is 11.3 Å². The summed E-state index contributed by atoms with van der Waals surface area (Å²) in [5, 5.41) is 8.20. The van der Waals surface area contributed by atoms with Gasteiger partial charge < -0.3 is 21.4 Å². The van der Waals surface area contributed by atoms with Crippen molar-refractivity contribution in [3.63, 3.8) is 0 Å². The van der Waals surface area contributed by atoms with Gasteiger partial charge in [0.1, 0.15) is 0 Å². The van der Waals surface area contributed by atoms with E-state index in [1.54, 1.807) is 18.2 Å². The van der Waals surface area contributed by atoms with E-state index in [0.29, 0.717) is 41.0 Å². The molecule has 2 heterocycles. The number of carbonyl (C=O) groups excluding carboxylic acids is 3. The summed E-state index contributed by atoms with van der Waals surface area (Å²) in [5.41, 5.74) is 14.2. The van der Waals surface area contributed by atoms with Crippen molar-refractivity contribution in [1.82, 2.24) is 14.5 Å². The van der Waals surface area contributed by atoms with E-state index in [2.05, 4.69) is 20.6 Å². The summed E-state index contributed by atoms with van der Waals surface area (Å²) in [6, 6.07) is 3.05. The van der Waals surface area contributed by atoms with E-state index in [4.69, 9.17) is 11.5 Å². The molecule has 0 spiro atoms. The van der Waals surface area contributed by atoms with E-state index in [0.717, 1.165) is 24.1 Å². The summed E-state index contributed by atoms with van der Waals surface area (Å²) in [5.74, 6) is -0.552. The Bertz CT molecular complexity index is 1310. The molecule has 0 aliphatic heterocycles. The van der Waals surface area contributed by atoms with Crippen LogP contribution in [0.25, 0.3) is 11.0 Å². The Morgan fingerprint density at radius 1 is 1.16 bits per heavy atom. The number of aryl methyl sites for hydroxylation is 1. The maximum absolute atomic E-state index is 13.7. The number of anilines is 2. The molecule has 11 heteroatoms. The molecule has 0 radical (unpaired) electrons. The van der Waals surface area contributed by atoms with Crippen LogP contribution in [0.4, 0.5) is 11.1 Å². The molecular weight excluding hydrogens is 502 g/mol. The highest BCUT2D eigenvalue weighted by Gasteiger charge is 2.33. The highest BCUT2D eigenvalue weighted by Crippen LogP contribution is 2.29. The van der Waals surface area contributed by atoms with Gasteiger partial charge in [0, 0.05) is 17.5 Å². The number of primary amides is 1. The van der Waals surface area contributed by atoms with Crippen molar-refractivity contribution in [2.45, 2.75) is 77.9 Å². The fourth-order valence-electron chi connectivity index (χ4n) is 5.02. The molecule has 1 saturated carbocycles. The summed E-state index contributed by atoms with van der Waals surface area (Å²) < 4.78 is 1.97. The van der Waals surface area contributed by atoms with Crippen LogP contribution < -0.4 is 22.1 Å². The standard InChI is InChI=1S/C27H37N7O3S/c1-15(2)11-19(28)23(35)22(32-27-30-16(3)14-38-27)25(37)33-26-31-20-12-18(24(29)36)9-10-21(20)34(26)13-17-7-5-4-6-8-17/h9-10,12,14-15,17,19,22H,4-8,11,13,28H2,1-3H3,(H2,29,36)(H,30,32)(H,31,33,37)/t19-,22-/m0/s1. The first-order chi connectivity index (χ1) is 18.1. The lowest BCUT2D eigenvalue weighted by Crippen LogP contribution is -2.49. The van der Waals surface area contributed by atoms with Crippen LogP contribution in [-0.2, 0) is 16.1 Å². The van der Waals surface area contributed by atoms with Gasteiger partial charge >= 0.3 is 0 Å². The van der Waals surface area contributed by atoms with Crippen molar-refractivity contribution in [1.29, 1.82) is 0 Å². The summed E-state index contributed by atoms with van der Waals surface area (Å²) >= 11 is 1.32. The zero-order valence-electron chi connectivity index (χ0n) is 22.2. The van der Waals surface area contributed by atoms with Gasteiger partial charge in [0.25, 0.3) is 5.91 Å². The maximum Gasteiger partial charge on any atom is 0.257 e. The normalized spacial score (nSPS) is 15.9. The highest BCUT2D eigenvalue weighted by molar-refractivity contribution is 7.13. The molecule has 3 aromatic rings. The molecule has 4 rings (SSSR count). The zero-order valence-corrected chi connectivity index (χ0v) is 23.0. The minimum atomic E-state index is -1.24. The van der Waals surface area contributed by atoms with E-state index in [1.807, 2.05) is 30.7 Å². The number of aromatic nitrogens is 3. The third-order valence-corrected chi connectivity index (χ3v) is 7.85. The summed E-state index contributed by atoms with van der Waals surface area (Å²) in [4.78, 5) is 47.8. The number of thiazole rings is 1. The summed E-state index contributed by atoms with van der Waals surface area (Å²) in [7, 11) is 0. The lowest BCUT2D eigenvalue weighted by Gasteiger charge is -2.24. The van der Waals surface area contributed by atoms with Crippen LogP contribution >= 0.6 is 11.3 Å².